The Labute approximate surface area is 78.9 Å². The van der Waals surface area contributed by atoms with Crippen LogP contribution in [-0.4, -0.2) is 29.3 Å². The maximum atomic E-state index is 11.2. The van der Waals surface area contributed by atoms with Crippen molar-refractivity contribution in [1.29, 1.82) is 0 Å². The zero-order valence-electron chi connectivity index (χ0n) is 7.55. The van der Waals surface area contributed by atoms with Crippen LogP contribution in [0.1, 0.15) is 32.6 Å². The molecule has 1 aliphatic rings. The van der Waals surface area contributed by atoms with Crippen molar-refractivity contribution in [2.45, 2.75) is 38.6 Å². The van der Waals surface area contributed by atoms with Gasteiger partial charge in [-0.2, -0.15) is 0 Å². The van der Waals surface area contributed by atoms with Crippen molar-refractivity contribution in [3.05, 3.63) is 0 Å². The van der Waals surface area contributed by atoms with E-state index >= 15 is 0 Å². The summed E-state index contributed by atoms with van der Waals surface area (Å²) >= 11 is 5.58. The number of hydrogen-bond donors (Lipinski definition) is 0. The summed E-state index contributed by atoms with van der Waals surface area (Å²) in [5, 5.41) is 0. The third kappa shape index (κ3) is 2.37. The Bertz CT molecular complexity index is 157. The Morgan fingerprint density at radius 2 is 2.25 bits per heavy atom. The van der Waals surface area contributed by atoms with E-state index in [0.717, 1.165) is 13.0 Å². The van der Waals surface area contributed by atoms with Crippen LogP contribution in [0.4, 0.5) is 0 Å². The Hall–Kier alpha value is -0.240. The van der Waals surface area contributed by atoms with Crippen molar-refractivity contribution in [3.8, 4) is 0 Å². The Balaban J connectivity index is 2.32. The molecule has 0 atom stereocenters. The number of nitrogens with zero attached hydrogens (tertiary/aromatic N) is 1. The summed E-state index contributed by atoms with van der Waals surface area (Å²) in [7, 11) is 0. The summed E-state index contributed by atoms with van der Waals surface area (Å²) in [5.41, 5.74) is 0. The number of alkyl halides is 1. The predicted molar refractivity (Wildman–Crippen MR) is 50.4 cm³/mol. The van der Waals surface area contributed by atoms with Gasteiger partial charge >= 0.3 is 0 Å². The molecule has 1 saturated carbocycles. The lowest BCUT2D eigenvalue weighted by Crippen LogP contribution is -2.43. The number of carbonyl (C=O) groups is 1. The van der Waals surface area contributed by atoms with Crippen molar-refractivity contribution >= 4 is 17.5 Å². The largest absolute Gasteiger partial charge is 0.340 e. The molecule has 0 bridgehead atoms. The lowest BCUT2D eigenvalue weighted by Gasteiger charge is -2.36. The standard InChI is InChI=1S/C9H16ClNO/c1-8(12)11(7-3-6-10)9-4-2-5-9/h9H,2-7H2,1H3. The Kier molecular flexibility index (Phi) is 3.86. The molecule has 3 heteroatoms. The second-order valence-corrected chi connectivity index (χ2v) is 3.72. The second-order valence-electron chi connectivity index (χ2n) is 3.34. The van der Waals surface area contributed by atoms with Crippen molar-refractivity contribution < 1.29 is 4.79 Å². The number of carbonyl (C=O) groups excluding carboxylic acids is 1. The van der Waals surface area contributed by atoms with Gasteiger partial charge in [-0.25, -0.2) is 0 Å². The quantitative estimate of drug-likeness (QED) is 0.620. The molecule has 0 aromatic carbocycles. The maximum absolute atomic E-state index is 11.2. The van der Waals surface area contributed by atoms with E-state index in [1.54, 1.807) is 6.92 Å². The summed E-state index contributed by atoms with van der Waals surface area (Å²) in [6.45, 7) is 2.48. The van der Waals surface area contributed by atoms with E-state index in [1.807, 2.05) is 4.90 Å². The van der Waals surface area contributed by atoms with E-state index in [1.165, 1.54) is 19.3 Å². The van der Waals surface area contributed by atoms with E-state index < -0.39 is 0 Å². The van der Waals surface area contributed by atoms with Crippen LogP contribution in [0.15, 0.2) is 0 Å². The number of halogens is 1. The van der Waals surface area contributed by atoms with Crippen LogP contribution in [0.5, 0.6) is 0 Å². The molecule has 0 N–H and O–H groups in total. The predicted octanol–water partition coefficient (Wildman–Crippen LogP) is 2.02. The molecule has 0 spiro atoms. The molecule has 1 amide bonds. The molecule has 1 aliphatic carbocycles. The van der Waals surface area contributed by atoms with Gasteiger partial charge in [-0.3, -0.25) is 4.79 Å². The number of hydrogen-bond acceptors (Lipinski definition) is 1. The van der Waals surface area contributed by atoms with Gasteiger partial charge in [0.15, 0.2) is 0 Å². The molecule has 0 aliphatic heterocycles. The highest BCUT2D eigenvalue weighted by Gasteiger charge is 2.25. The van der Waals surface area contributed by atoms with Gasteiger partial charge in [0.25, 0.3) is 0 Å². The zero-order valence-corrected chi connectivity index (χ0v) is 8.31. The van der Waals surface area contributed by atoms with Gasteiger partial charge in [0.2, 0.25) is 5.91 Å². The third-order valence-electron chi connectivity index (χ3n) is 2.45. The summed E-state index contributed by atoms with van der Waals surface area (Å²) < 4.78 is 0. The molecule has 0 aromatic heterocycles. The average Bonchev–Trinajstić information content (AvgIpc) is 1.93. The highest BCUT2D eigenvalue weighted by molar-refractivity contribution is 6.17. The lowest BCUT2D eigenvalue weighted by atomic mass is 9.91. The van der Waals surface area contributed by atoms with Gasteiger partial charge in [0.1, 0.15) is 0 Å². The minimum atomic E-state index is 0.199. The normalized spacial score (nSPS) is 17.2. The van der Waals surface area contributed by atoms with Crippen LogP contribution in [0.3, 0.4) is 0 Å². The summed E-state index contributed by atoms with van der Waals surface area (Å²) in [6, 6.07) is 0.519. The fraction of sp³-hybridized carbons (Fsp3) is 0.889. The van der Waals surface area contributed by atoms with Crippen LogP contribution in [0, 0.1) is 0 Å². The molecular formula is C9H16ClNO. The van der Waals surface area contributed by atoms with E-state index in [9.17, 15) is 4.79 Å². The minimum Gasteiger partial charge on any atom is -0.340 e. The first-order valence-electron chi connectivity index (χ1n) is 4.59. The first kappa shape index (κ1) is 9.85. The van der Waals surface area contributed by atoms with Gasteiger partial charge in [0, 0.05) is 25.4 Å². The molecular weight excluding hydrogens is 174 g/mol. The number of rotatable bonds is 4. The molecule has 12 heavy (non-hydrogen) atoms. The smallest absolute Gasteiger partial charge is 0.219 e. The second kappa shape index (κ2) is 4.70. The average molecular weight is 190 g/mol. The summed E-state index contributed by atoms with van der Waals surface area (Å²) in [4.78, 5) is 13.1. The molecule has 0 heterocycles. The minimum absolute atomic E-state index is 0.199. The monoisotopic (exact) mass is 189 g/mol. The zero-order chi connectivity index (χ0) is 8.97. The van der Waals surface area contributed by atoms with Crippen LogP contribution in [-0.2, 0) is 4.79 Å². The molecule has 0 aromatic rings. The fourth-order valence-electron chi connectivity index (χ4n) is 1.53. The van der Waals surface area contributed by atoms with Gasteiger partial charge < -0.3 is 4.90 Å². The molecule has 2 nitrogen and oxygen atoms in total. The highest BCUT2D eigenvalue weighted by Crippen LogP contribution is 2.24. The molecule has 70 valence electrons. The van der Waals surface area contributed by atoms with Gasteiger partial charge in [-0.15, -0.1) is 11.6 Å². The van der Waals surface area contributed by atoms with E-state index in [2.05, 4.69) is 0 Å². The fourth-order valence-corrected chi connectivity index (χ4v) is 1.65. The molecule has 0 saturated heterocycles. The van der Waals surface area contributed by atoms with Crippen molar-refractivity contribution in [2.75, 3.05) is 12.4 Å². The van der Waals surface area contributed by atoms with Gasteiger partial charge in [-0.1, -0.05) is 0 Å². The first-order chi connectivity index (χ1) is 5.75. The van der Waals surface area contributed by atoms with E-state index in [4.69, 9.17) is 11.6 Å². The van der Waals surface area contributed by atoms with Crippen LogP contribution >= 0.6 is 11.6 Å². The van der Waals surface area contributed by atoms with Crippen LogP contribution in [0.25, 0.3) is 0 Å². The lowest BCUT2D eigenvalue weighted by molar-refractivity contribution is -0.132. The maximum Gasteiger partial charge on any atom is 0.219 e. The first-order valence-corrected chi connectivity index (χ1v) is 5.12. The molecule has 1 rings (SSSR count). The Morgan fingerprint density at radius 3 is 2.58 bits per heavy atom. The highest BCUT2D eigenvalue weighted by atomic mass is 35.5. The Morgan fingerprint density at radius 1 is 1.58 bits per heavy atom. The topological polar surface area (TPSA) is 20.3 Å². The van der Waals surface area contributed by atoms with Crippen molar-refractivity contribution in [2.24, 2.45) is 0 Å². The molecule has 1 fully saturated rings. The summed E-state index contributed by atoms with van der Waals surface area (Å²) in [5.74, 6) is 0.848. The third-order valence-corrected chi connectivity index (χ3v) is 2.72. The summed E-state index contributed by atoms with van der Waals surface area (Å²) in [6.07, 6.45) is 4.55. The SMILES string of the molecule is CC(=O)N(CCCCl)C1CCC1. The number of amides is 1. The van der Waals surface area contributed by atoms with E-state index in [-0.39, 0.29) is 5.91 Å². The van der Waals surface area contributed by atoms with Crippen LogP contribution < -0.4 is 0 Å². The van der Waals surface area contributed by atoms with Crippen LogP contribution in [0.2, 0.25) is 0 Å². The van der Waals surface area contributed by atoms with E-state index in [0.29, 0.717) is 11.9 Å². The molecule has 0 radical (unpaired) electrons. The molecule has 0 unspecified atom stereocenters. The van der Waals surface area contributed by atoms with Crippen molar-refractivity contribution in [3.63, 3.8) is 0 Å². The van der Waals surface area contributed by atoms with Gasteiger partial charge in [0.05, 0.1) is 0 Å². The van der Waals surface area contributed by atoms with Gasteiger partial charge in [-0.05, 0) is 25.7 Å². The van der Waals surface area contributed by atoms with Crippen molar-refractivity contribution in [1.82, 2.24) is 4.90 Å².